The highest BCUT2D eigenvalue weighted by atomic mass is 32.2. The number of hydrogen-bond acceptors (Lipinski definition) is 6. The van der Waals surface area contributed by atoms with Crippen LogP contribution in [0.25, 0.3) is 0 Å². The van der Waals surface area contributed by atoms with E-state index in [-0.39, 0.29) is 29.7 Å². The number of fused-ring (bicyclic) bond motifs is 1. The van der Waals surface area contributed by atoms with Crippen molar-refractivity contribution in [3.63, 3.8) is 0 Å². The first-order chi connectivity index (χ1) is 15.1. The first kappa shape index (κ1) is 20.8. The topological polar surface area (TPSA) is 70.2 Å². The van der Waals surface area contributed by atoms with Crippen LogP contribution in [0.3, 0.4) is 0 Å². The second kappa shape index (κ2) is 8.82. The lowest BCUT2D eigenvalue weighted by molar-refractivity contribution is -0.135. The Hall–Kier alpha value is -2.06. The molecule has 0 N–H and O–H groups in total. The van der Waals surface area contributed by atoms with Gasteiger partial charge in [0, 0.05) is 44.3 Å². The van der Waals surface area contributed by atoms with E-state index in [1.54, 1.807) is 6.07 Å². The van der Waals surface area contributed by atoms with E-state index in [1.165, 1.54) is 4.90 Å². The van der Waals surface area contributed by atoms with Crippen molar-refractivity contribution < 1.29 is 19.1 Å². The van der Waals surface area contributed by atoms with Crippen molar-refractivity contribution in [3.05, 3.63) is 29.3 Å². The molecule has 3 fully saturated rings. The third-order valence-corrected chi connectivity index (χ3v) is 7.76. The summed E-state index contributed by atoms with van der Waals surface area (Å²) in [7, 11) is 0. The normalized spacial score (nSPS) is 26.5. The van der Waals surface area contributed by atoms with E-state index >= 15 is 0 Å². The molecule has 1 aromatic carbocycles. The van der Waals surface area contributed by atoms with E-state index in [2.05, 4.69) is 4.90 Å². The van der Waals surface area contributed by atoms with Crippen LogP contribution in [0.5, 0.6) is 0 Å². The highest BCUT2D eigenvalue weighted by molar-refractivity contribution is 7.99. The van der Waals surface area contributed by atoms with E-state index in [4.69, 9.17) is 4.74 Å². The van der Waals surface area contributed by atoms with Gasteiger partial charge in [-0.1, -0.05) is 6.07 Å². The van der Waals surface area contributed by atoms with Gasteiger partial charge in [0.1, 0.15) is 0 Å². The quantitative estimate of drug-likeness (QED) is 0.665. The van der Waals surface area contributed by atoms with Crippen LogP contribution in [0.1, 0.15) is 46.4 Å². The van der Waals surface area contributed by atoms with Crippen molar-refractivity contribution in [1.29, 1.82) is 0 Å². The molecule has 166 valence electrons. The zero-order valence-electron chi connectivity index (χ0n) is 17.8. The Morgan fingerprint density at radius 1 is 1.06 bits per heavy atom. The van der Waals surface area contributed by atoms with Gasteiger partial charge in [0.15, 0.2) is 0 Å². The average Bonchev–Trinajstić information content (AvgIpc) is 3.42. The molecule has 5 rings (SSSR count). The van der Waals surface area contributed by atoms with Gasteiger partial charge >= 0.3 is 0 Å². The monoisotopic (exact) mass is 443 g/mol. The molecule has 4 aliphatic rings. The summed E-state index contributed by atoms with van der Waals surface area (Å²) in [6.07, 6.45) is 3.57. The first-order valence-electron chi connectivity index (χ1n) is 11.4. The zero-order chi connectivity index (χ0) is 21.4. The molecule has 3 amide bonds. The van der Waals surface area contributed by atoms with E-state index in [1.807, 2.05) is 28.8 Å². The number of amides is 3. The molecule has 4 aliphatic heterocycles. The molecule has 7 nitrogen and oxygen atoms in total. The molecule has 8 heteroatoms. The Morgan fingerprint density at radius 2 is 1.90 bits per heavy atom. The van der Waals surface area contributed by atoms with Gasteiger partial charge in [0.25, 0.3) is 11.8 Å². The fourth-order valence-corrected chi connectivity index (χ4v) is 6.08. The van der Waals surface area contributed by atoms with Crippen LogP contribution in [0.15, 0.2) is 18.2 Å². The summed E-state index contributed by atoms with van der Waals surface area (Å²) in [5.74, 6) is 1.74. The number of carbonyl (C=O) groups excluding carboxylic acids is 3. The highest BCUT2D eigenvalue weighted by Gasteiger charge is 2.41. The van der Waals surface area contributed by atoms with Gasteiger partial charge in [0.05, 0.1) is 35.4 Å². The summed E-state index contributed by atoms with van der Waals surface area (Å²) in [5.41, 5.74) is 1.76. The Balaban J connectivity index is 1.35. The minimum Gasteiger partial charge on any atom is -0.376 e. The minimum absolute atomic E-state index is 0.0529. The number of piperidine rings is 1. The van der Waals surface area contributed by atoms with Gasteiger partial charge in [-0.05, 0) is 37.8 Å². The van der Waals surface area contributed by atoms with Gasteiger partial charge in [-0.25, -0.2) is 0 Å². The van der Waals surface area contributed by atoms with Crippen LogP contribution in [-0.4, -0.2) is 84.5 Å². The van der Waals surface area contributed by atoms with Crippen molar-refractivity contribution in [1.82, 2.24) is 9.80 Å². The zero-order valence-corrected chi connectivity index (χ0v) is 18.6. The number of rotatable bonds is 4. The van der Waals surface area contributed by atoms with Gasteiger partial charge in [-0.2, -0.15) is 11.8 Å². The highest BCUT2D eigenvalue weighted by Crippen LogP contribution is 2.35. The summed E-state index contributed by atoms with van der Waals surface area (Å²) >= 11 is 1.90. The second-order valence-electron chi connectivity index (χ2n) is 8.78. The third kappa shape index (κ3) is 3.96. The number of anilines is 1. The van der Waals surface area contributed by atoms with Crippen LogP contribution in [0.4, 0.5) is 5.69 Å². The molecule has 0 unspecified atom stereocenters. The van der Waals surface area contributed by atoms with Crippen molar-refractivity contribution in [2.24, 2.45) is 5.92 Å². The summed E-state index contributed by atoms with van der Waals surface area (Å²) in [6, 6.07) is 5.51. The van der Waals surface area contributed by atoms with E-state index in [0.717, 1.165) is 62.5 Å². The summed E-state index contributed by atoms with van der Waals surface area (Å²) in [6.45, 7) is 4.06. The smallest absolute Gasteiger partial charge is 0.263 e. The molecule has 4 heterocycles. The standard InChI is InChI=1S/C23H29N3O4S/c27-21(24-9-12-31-13-10-24)16-4-2-8-25(14-16)19-7-1-6-18-20(19)23(29)26(22(18)28)15-17-5-3-11-30-17/h1,6-7,16-17H,2-5,8-15H2/t16-,17+/m1/s1. The Bertz CT molecular complexity index is 880. The van der Waals surface area contributed by atoms with E-state index in [9.17, 15) is 14.4 Å². The van der Waals surface area contributed by atoms with E-state index < -0.39 is 0 Å². The molecule has 0 spiro atoms. The summed E-state index contributed by atoms with van der Waals surface area (Å²) < 4.78 is 5.65. The number of imide groups is 1. The van der Waals surface area contributed by atoms with Gasteiger partial charge in [0.2, 0.25) is 5.91 Å². The van der Waals surface area contributed by atoms with Crippen molar-refractivity contribution in [2.45, 2.75) is 31.8 Å². The predicted molar refractivity (Wildman–Crippen MR) is 120 cm³/mol. The average molecular weight is 444 g/mol. The van der Waals surface area contributed by atoms with Crippen LogP contribution in [0, 0.1) is 5.92 Å². The molecular weight excluding hydrogens is 414 g/mol. The molecular formula is C23H29N3O4S. The lowest BCUT2D eigenvalue weighted by Gasteiger charge is -2.37. The van der Waals surface area contributed by atoms with Crippen LogP contribution in [-0.2, 0) is 9.53 Å². The molecule has 0 saturated carbocycles. The van der Waals surface area contributed by atoms with Crippen molar-refractivity contribution in [2.75, 3.05) is 55.7 Å². The Kier molecular flexibility index (Phi) is 5.93. The maximum Gasteiger partial charge on any atom is 0.263 e. The lowest BCUT2D eigenvalue weighted by atomic mass is 9.94. The number of carbonyl (C=O) groups is 3. The number of thioether (sulfide) groups is 1. The van der Waals surface area contributed by atoms with Crippen molar-refractivity contribution in [3.8, 4) is 0 Å². The maximum absolute atomic E-state index is 13.3. The number of hydrogen-bond donors (Lipinski definition) is 0. The van der Waals surface area contributed by atoms with Gasteiger partial charge in [-0.3, -0.25) is 19.3 Å². The van der Waals surface area contributed by atoms with Crippen molar-refractivity contribution >= 4 is 35.2 Å². The number of ether oxygens (including phenoxy) is 1. The van der Waals surface area contributed by atoms with Crippen LogP contribution < -0.4 is 4.90 Å². The molecule has 1 aromatic rings. The Labute approximate surface area is 187 Å². The molecule has 31 heavy (non-hydrogen) atoms. The predicted octanol–water partition coefficient (Wildman–Crippen LogP) is 2.25. The van der Waals surface area contributed by atoms with Gasteiger partial charge in [-0.15, -0.1) is 0 Å². The maximum atomic E-state index is 13.3. The third-order valence-electron chi connectivity index (χ3n) is 6.82. The van der Waals surface area contributed by atoms with Crippen LogP contribution >= 0.6 is 11.8 Å². The summed E-state index contributed by atoms with van der Waals surface area (Å²) in [4.78, 5) is 44.8. The minimum atomic E-state index is -0.229. The molecule has 0 radical (unpaired) electrons. The molecule has 2 atom stereocenters. The van der Waals surface area contributed by atoms with Gasteiger partial charge < -0.3 is 14.5 Å². The largest absolute Gasteiger partial charge is 0.376 e. The SMILES string of the molecule is O=C([C@@H]1CCCN(c2cccc3c2C(=O)N(C[C@@H]2CCCO2)C3=O)C1)N1CCSCC1. The lowest BCUT2D eigenvalue weighted by Crippen LogP contribution is -2.47. The molecule has 0 aliphatic carbocycles. The fourth-order valence-electron chi connectivity index (χ4n) is 5.18. The van der Waals surface area contributed by atoms with Crippen LogP contribution in [0.2, 0.25) is 0 Å². The fraction of sp³-hybridized carbons (Fsp3) is 0.609. The molecule has 3 saturated heterocycles. The molecule has 0 bridgehead atoms. The molecule has 0 aromatic heterocycles. The number of benzene rings is 1. The Morgan fingerprint density at radius 3 is 2.68 bits per heavy atom. The first-order valence-corrected chi connectivity index (χ1v) is 12.5. The second-order valence-corrected chi connectivity index (χ2v) is 10.0. The van der Waals surface area contributed by atoms with E-state index in [0.29, 0.717) is 30.8 Å². The number of nitrogens with zero attached hydrogens (tertiary/aromatic N) is 3. The summed E-state index contributed by atoms with van der Waals surface area (Å²) in [5, 5.41) is 0.